The molecule has 0 spiro atoms. The van der Waals surface area contributed by atoms with Crippen LogP contribution in [0.15, 0.2) is 78.9 Å². The van der Waals surface area contributed by atoms with Gasteiger partial charge in [-0.15, -0.1) is 0 Å². The SMILES string of the molecule is CCOc1ccc(Oc2ccccc2NC(=O)COCc2ccccc2)cc1. The van der Waals surface area contributed by atoms with Gasteiger partial charge in [0, 0.05) is 0 Å². The zero-order valence-corrected chi connectivity index (χ0v) is 15.8. The van der Waals surface area contributed by atoms with Crippen LogP contribution in [0.1, 0.15) is 12.5 Å². The molecule has 1 N–H and O–H groups in total. The monoisotopic (exact) mass is 377 g/mol. The molecule has 0 heterocycles. The lowest BCUT2D eigenvalue weighted by Gasteiger charge is -2.13. The maximum absolute atomic E-state index is 12.2. The standard InChI is InChI=1S/C23H23NO4/c1-2-27-19-12-14-20(15-13-19)28-22-11-7-6-10-21(22)24-23(25)17-26-16-18-8-4-3-5-9-18/h3-15H,2,16-17H2,1H3,(H,24,25). The number of carbonyl (C=O) groups is 1. The Morgan fingerprint density at radius 3 is 2.29 bits per heavy atom. The van der Waals surface area contributed by atoms with Crippen LogP contribution in [0.3, 0.4) is 0 Å². The fourth-order valence-electron chi connectivity index (χ4n) is 2.58. The second kappa shape index (κ2) is 10.1. The first kappa shape index (κ1) is 19.5. The van der Waals surface area contributed by atoms with Gasteiger partial charge >= 0.3 is 0 Å². The number of rotatable bonds is 9. The molecule has 0 aliphatic rings. The maximum atomic E-state index is 12.2. The van der Waals surface area contributed by atoms with E-state index in [1.807, 2.05) is 73.7 Å². The van der Waals surface area contributed by atoms with Crippen molar-refractivity contribution < 1.29 is 19.0 Å². The predicted molar refractivity (Wildman–Crippen MR) is 109 cm³/mol. The second-order valence-electron chi connectivity index (χ2n) is 6.03. The van der Waals surface area contributed by atoms with E-state index in [4.69, 9.17) is 14.2 Å². The molecule has 0 radical (unpaired) electrons. The lowest BCUT2D eigenvalue weighted by atomic mass is 10.2. The van der Waals surface area contributed by atoms with Crippen molar-refractivity contribution in [1.29, 1.82) is 0 Å². The van der Waals surface area contributed by atoms with E-state index in [0.717, 1.165) is 11.3 Å². The Morgan fingerprint density at radius 1 is 0.857 bits per heavy atom. The molecular weight excluding hydrogens is 354 g/mol. The highest BCUT2D eigenvalue weighted by Crippen LogP contribution is 2.30. The van der Waals surface area contributed by atoms with Crippen molar-refractivity contribution in [3.05, 3.63) is 84.4 Å². The normalized spacial score (nSPS) is 10.3. The molecule has 0 aliphatic carbocycles. The summed E-state index contributed by atoms with van der Waals surface area (Å²) < 4.78 is 16.8. The quantitative estimate of drug-likeness (QED) is 0.568. The summed E-state index contributed by atoms with van der Waals surface area (Å²) in [5, 5.41) is 2.84. The van der Waals surface area contributed by atoms with E-state index in [1.54, 1.807) is 12.1 Å². The van der Waals surface area contributed by atoms with Gasteiger partial charge in [0.15, 0.2) is 5.75 Å². The van der Waals surface area contributed by atoms with Crippen molar-refractivity contribution in [2.75, 3.05) is 18.5 Å². The third-order valence-electron chi connectivity index (χ3n) is 3.87. The van der Waals surface area contributed by atoms with Gasteiger partial charge < -0.3 is 19.5 Å². The number of nitrogens with one attached hydrogen (secondary N) is 1. The molecule has 0 atom stereocenters. The Hall–Kier alpha value is -3.31. The molecule has 0 saturated carbocycles. The van der Waals surface area contributed by atoms with E-state index in [0.29, 0.717) is 30.4 Å². The van der Waals surface area contributed by atoms with E-state index in [1.165, 1.54) is 0 Å². The third-order valence-corrected chi connectivity index (χ3v) is 3.87. The van der Waals surface area contributed by atoms with Crippen LogP contribution < -0.4 is 14.8 Å². The van der Waals surface area contributed by atoms with Crippen LogP contribution in [0.5, 0.6) is 17.2 Å². The number of anilines is 1. The van der Waals surface area contributed by atoms with Crippen LogP contribution in [0, 0.1) is 0 Å². The van der Waals surface area contributed by atoms with E-state index in [9.17, 15) is 4.79 Å². The Balaban J connectivity index is 1.56. The molecule has 1 amide bonds. The fourth-order valence-corrected chi connectivity index (χ4v) is 2.58. The first-order valence-corrected chi connectivity index (χ1v) is 9.16. The van der Waals surface area contributed by atoms with Gasteiger partial charge in [0.05, 0.1) is 18.9 Å². The second-order valence-corrected chi connectivity index (χ2v) is 6.03. The van der Waals surface area contributed by atoms with Crippen LogP contribution in [-0.4, -0.2) is 19.1 Å². The number of hydrogen-bond acceptors (Lipinski definition) is 4. The minimum Gasteiger partial charge on any atom is -0.494 e. The summed E-state index contributed by atoms with van der Waals surface area (Å²) in [6, 6.07) is 24.4. The van der Waals surface area contributed by atoms with Crippen LogP contribution in [0.25, 0.3) is 0 Å². The fraction of sp³-hybridized carbons (Fsp3) is 0.174. The zero-order valence-electron chi connectivity index (χ0n) is 15.8. The molecule has 0 fully saturated rings. The molecule has 5 nitrogen and oxygen atoms in total. The van der Waals surface area contributed by atoms with E-state index >= 15 is 0 Å². The van der Waals surface area contributed by atoms with Crippen molar-refractivity contribution in [3.63, 3.8) is 0 Å². The lowest BCUT2D eigenvalue weighted by molar-refractivity contribution is -0.121. The van der Waals surface area contributed by atoms with Crippen LogP contribution in [-0.2, 0) is 16.1 Å². The predicted octanol–water partition coefficient (Wildman–Crippen LogP) is 5.03. The Labute approximate surface area is 164 Å². The first-order chi connectivity index (χ1) is 13.7. The minimum atomic E-state index is -0.237. The van der Waals surface area contributed by atoms with E-state index < -0.39 is 0 Å². The van der Waals surface area contributed by atoms with E-state index in [2.05, 4.69) is 5.32 Å². The van der Waals surface area contributed by atoms with E-state index in [-0.39, 0.29) is 12.5 Å². The number of para-hydroxylation sites is 2. The summed E-state index contributed by atoms with van der Waals surface area (Å²) >= 11 is 0. The Kier molecular flexibility index (Phi) is 7.04. The third kappa shape index (κ3) is 5.86. The lowest BCUT2D eigenvalue weighted by Crippen LogP contribution is -2.18. The van der Waals surface area contributed by atoms with Gasteiger partial charge in [0.25, 0.3) is 0 Å². The number of ether oxygens (including phenoxy) is 3. The molecule has 3 rings (SSSR count). The van der Waals surface area contributed by atoms with Gasteiger partial charge in [-0.3, -0.25) is 4.79 Å². The zero-order chi connectivity index (χ0) is 19.6. The average Bonchev–Trinajstić information content (AvgIpc) is 2.72. The molecule has 5 heteroatoms. The van der Waals surface area contributed by atoms with Crippen molar-refractivity contribution >= 4 is 11.6 Å². The number of carbonyl (C=O) groups excluding carboxylic acids is 1. The molecule has 0 bridgehead atoms. The molecule has 0 aliphatic heterocycles. The maximum Gasteiger partial charge on any atom is 0.250 e. The van der Waals surface area contributed by atoms with Crippen molar-refractivity contribution in [2.24, 2.45) is 0 Å². The van der Waals surface area contributed by atoms with Crippen molar-refractivity contribution in [1.82, 2.24) is 0 Å². The van der Waals surface area contributed by atoms with Gasteiger partial charge in [0.2, 0.25) is 5.91 Å². The van der Waals surface area contributed by atoms with Crippen molar-refractivity contribution in [2.45, 2.75) is 13.5 Å². The minimum absolute atomic E-state index is 0.0354. The number of amides is 1. The van der Waals surface area contributed by atoms with Crippen LogP contribution in [0.2, 0.25) is 0 Å². The van der Waals surface area contributed by atoms with Crippen molar-refractivity contribution in [3.8, 4) is 17.2 Å². The van der Waals surface area contributed by atoms with Gasteiger partial charge in [-0.25, -0.2) is 0 Å². The summed E-state index contributed by atoms with van der Waals surface area (Å²) in [5.41, 5.74) is 1.61. The molecule has 3 aromatic rings. The molecule has 0 aromatic heterocycles. The van der Waals surface area contributed by atoms with Gasteiger partial charge in [-0.2, -0.15) is 0 Å². The van der Waals surface area contributed by atoms with Gasteiger partial charge in [0.1, 0.15) is 18.1 Å². The molecule has 28 heavy (non-hydrogen) atoms. The number of hydrogen-bond donors (Lipinski definition) is 1. The van der Waals surface area contributed by atoms with Crippen LogP contribution >= 0.6 is 0 Å². The largest absolute Gasteiger partial charge is 0.494 e. The molecule has 0 unspecified atom stereocenters. The molecular formula is C23H23NO4. The summed E-state index contributed by atoms with van der Waals surface area (Å²) in [4.78, 5) is 12.2. The summed E-state index contributed by atoms with van der Waals surface area (Å²) in [5.74, 6) is 1.76. The Morgan fingerprint density at radius 2 is 1.54 bits per heavy atom. The topological polar surface area (TPSA) is 56.8 Å². The highest BCUT2D eigenvalue weighted by molar-refractivity contribution is 5.93. The highest BCUT2D eigenvalue weighted by atomic mass is 16.5. The molecule has 3 aromatic carbocycles. The summed E-state index contributed by atoms with van der Waals surface area (Å²) in [6.45, 7) is 2.90. The van der Waals surface area contributed by atoms with Crippen LogP contribution in [0.4, 0.5) is 5.69 Å². The molecule has 0 saturated heterocycles. The summed E-state index contributed by atoms with van der Waals surface area (Å²) in [7, 11) is 0. The smallest absolute Gasteiger partial charge is 0.250 e. The first-order valence-electron chi connectivity index (χ1n) is 9.16. The Bertz CT molecular complexity index is 879. The highest BCUT2D eigenvalue weighted by Gasteiger charge is 2.09. The average molecular weight is 377 g/mol. The number of benzene rings is 3. The molecule has 144 valence electrons. The summed E-state index contributed by atoms with van der Waals surface area (Å²) in [6.07, 6.45) is 0. The van der Waals surface area contributed by atoms with Gasteiger partial charge in [-0.1, -0.05) is 42.5 Å². The van der Waals surface area contributed by atoms with Gasteiger partial charge in [-0.05, 0) is 48.9 Å².